The summed E-state index contributed by atoms with van der Waals surface area (Å²) >= 11 is 0. The molecule has 31 heavy (non-hydrogen) atoms. The minimum absolute atomic E-state index is 0.105. The van der Waals surface area contributed by atoms with Crippen molar-refractivity contribution in [3.05, 3.63) is 18.3 Å². The molecule has 0 radical (unpaired) electrons. The Morgan fingerprint density at radius 3 is 2.55 bits per heavy atom. The minimum atomic E-state index is -3.07. The van der Waals surface area contributed by atoms with Crippen LogP contribution >= 0.6 is 0 Å². The van der Waals surface area contributed by atoms with E-state index in [1.807, 2.05) is 0 Å². The van der Waals surface area contributed by atoms with Crippen LogP contribution in [0, 0.1) is 0 Å². The molecule has 3 saturated heterocycles. The summed E-state index contributed by atoms with van der Waals surface area (Å²) in [5, 5.41) is 0. The second kappa shape index (κ2) is 7.66. The number of nitrogens with zero attached hydrogens (tertiary/aromatic N) is 5. The first-order chi connectivity index (χ1) is 14.9. The lowest BCUT2D eigenvalue weighted by Crippen LogP contribution is -2.38. The zero-order valence-electron chi connectivity index (χ0n) is 16.3. The van der Waals surface area contributed by atoms with E-state index in [1.165, 1.54) is 17.2 Å². The molecule has 8 nitrogen and oxygen atoms in total. The molecular weight excluding hydrogens is 420 g/mol. The second-order valence-corrected chi connectivity index (χ2v) is 7.83. The van der Waals surface area contributed by atoms with Crippen LogP contribution in [0.15, 0.2) is 18.3 Å². The van der Waals surface area contributed by atoms with E-state index in [1.54, 1.807) is 6.07 Å². The normalized spacial score (nSPS) is 27.5. The van der Waals surface area contributed by atoms with Crippen molar-refractivity contribution < 1.29 is 27.0 Å². The van der Waals surface area contributed by atoms with E-state index in [0.29, 0.717) is 30.2 Å². The van der Waals surface area contributed by atoms with E-state index in [9.17, 15) is 17.6 Å². The number of halogens is 4. The molecule has 5 heterocycles. The molecule has 0 spiro atoms. The van der Waals surface area contributed by atoms with Gasteiger partial charge >= 0.3 is 6.61 Å². The highest BCUT2D eigenvalue weighted by atomic mass is 19.3. The highest BCUT2D eigenvalue weighted by Gasteiger charge is 2.40. The lowest BCUT2D eigenvalue weighted by molar-refractivity contribution is -0.0494. The van der Waals surface area contributed by atoms with Gasteiger partial charge in [0, 0.05) is 24.4 Å². The fourth-order valence-corrected chi connectivity index (χ4v) is 4.21. The molecule has 3 aliphatic heterocycles. The van der Waals surface area contributed by atoms with Crippen LogP contribution in [-0.2, 0) is 4.74 Å². The number of hydrogen-bond donors (Lipinski definition) is 1. The summed E-state index contributed by atoms with van der Waals surface area (Å²) in [5.41, 5.74) is 6.35. The Kier molecular flexibility index (Phi) is 4.95. The van der Waals surface area contributed by atoms with E-state index in [4.69, 9.17) is 10.5 Å². The van der Waals surface area contributed by atoms with E-state index in [0.717, 1.165) is 6.42 Å². The summed E-state index contributed by atoms with van der Waals surface area (Å²) in [6.07, 6.45) is -0.906. The Morgan fingerprint density at radius 1 is 1.13 bits per heavy atom. The monoisotopic (exact) mass is 440 g/mol. The van der Waals surface area contributed by atoms with Crippen LogP contribution < -0.4 is 20.3 Å². The number of morpholine rings is 1. The van der Waals surface area contributed by atoms with Gasteiger partial charge in [-0.25, -0.2) is 18.7 Å². The van der Waals surface area contributed by atoms with Crippen LogP contribution in [0.4, 0.5) is 35.1 Å². The molecule has 0 aliphatic carbocycles. The standard InChI is InChI=1S/C19H20F4N6O2/c20-12-6-28(7-13(12)21)19-26-14(9-1-15(31-18(22)23)17(24)25-4-9)3-16(27-19)29-5-11-2-10(29)8-30-11/h1,3-4,10-13,18H,2,5-8H2,(H2,24,25)/t10-,11-,12-,13+/m0/s1. The molecule has 2 aromatic rings. The molecule has 3 aliphatic rings. The van der Waals surface area contributed by atoms with Gasteiger partial charge in [0.1, 0.15) is 5.82 Å². The predicted molar refractivity (Wildman–Crippen MR) is 104 cm³/mol. The summed E-state index contributed by atoms with van der Waals surface area (Å²) in [6.45, 7) is -2.20. The summed E-state index contributed by atoms with van der Waals surface area (Å²) in [5.74, 6) is 0.262. The molecule has 0 saturated carbocycles. The zero-order valence-corrected chi connectivity index (χ0v) is 16.3. The average molecular weight is 440 g/mol. The predicted octanol–water partition coefficient (Wildman–Crippen LogP) is 2.20. The van der Waals surface area contributed by atoms with Gasteiger partial charge in [0.25, 0.3) is 0 Å². The summed E-state index contributed by atoms with van der Waals surface area (Å²) in [7, 11) is 0. The fourth-order valence-electron chi connectivity index (χ4n) is 4.21. The maximum Gasteiger partial charge on any atom is 0.387 e. The number of rotatable bonds is 5. The van der Waals surface area contributed by atoms with Crippen molar-refractivity contribution in [1.82, 2.24) is 15.0 Å². The molecule has 0 amide bonds. The largest absolute Gasteiger partial charge is 0.431 e. The summed E-state index contributed by atoms with van der Waals surface area (Å²) in [6, 6.07) is 3.15. The van der Waals surface area contributed by atoms with Crippen LogP contribution in [0.1, 0.15) is 6.42 Å². The number of aromatic nitrogens is 3. The molecule has 4 atom stereocenters. The third-order valence-corrected chi connectivity index (χ3v) is 5.75. The van der Waals surface area contributed by atoms with Gasteiger partial charge in [-0.2, -0.15) is 13.8 Å². The maximum atomic E-state index is 13.8. The molecular formula is C19H20F4N6O2. The zero-order chi connectivity index (χ0) is 21.7. The molecule has 3 fully saturated rings. The lowest BCUT2D eigenvalue weighted by atomic mass is 10.2. The molecule has 0 unspecified atom stereocenters. The third-order valence-electron chi connectivity index (χ3n) is 5.75. The highest BCUT2D eigenvalue weighted by Crippen LogP contribution is 2.36. The van der Waals surface area contributed by atoms with Crippen LogP contribution in [0.2, 0.25) is 0 Å². The van der Waals surface area contributed by atoms with Crippen molar-refractivity contribution in [3.63, 3.8) is 0 Å². The lowest BCUT2D eigenvalue weighted by Gasteiger charge is -2.29. The van der Waals surface area contributed by atoms with E-state index < -0.39 is 19.0 Å². The Hall–Kier alpha value is -2.89. The van der Waals surface area contributed by atoms with Gasteiger partial charge in [0.2, 0.25) is 5.95 Å². The Bertz CT molecular complexity index is 972. The molecule has 166 valence electrons. The SMILES string of the molecule is Nc1ncc(-c2cc(N3C[C@@H]4C[C@H]3CO4)nc(N3C[C@@H](F)[C@@H](F)C3)n2)cc1OC(F)F. The number of pyridine rings is 1. The Labute approximate surface area is 175 Å². The first kappa shape index (κ1) is 20.0. The van der Waals surface area contributed by atoms with Gasteiger partial charge in [0.15, 0.2) is 23.9 Å². The van der Waals surface area contributed by atoms with Crippen molar-refractivity contribution in [3.8, 4) is 17.0 Å². The Morgan fingerprint density at radius 2 is 1.90 bits per heavy atom. The van der Waals surface area contributed by atoms with Gasteiger partial charge in [0.05, 0.1) is 37.5 Å². The maximum absolute atomic E-state index is 13.8. The second-order valence-electron chi connectivity index (χ2n) is 7.83. The fraction of sp³-hybridized carbons (Fsp3) is 0.526. The van der Waals surface area contributed by atoms with Crippen LogP contribution in [0.3, 0.4) is 0 Å². The number of nitrogens with two attached hydrogens (primary N) is 1. The van der Waals surface area contributed by atoms with Crippen molar-refractivity contribution in [2.75, 3.05) is 41.8 Å². The third kappa shape index (κ3) is 3.80. The molecule has 2 bridgehead atoms. The van der Waals surface area contributed by atoms with E-state index >= 15 is 0 Å². The average Bonchev–Trinajstić information content (AvgIpc) is 3.45. The molecule has 0 aromatic carbocycles. The number of alkyl halides is 4. The first-order valence-electron chi connectivity index (χ1n) is 9.88. The van der Waals surface area contributed by atoms with Crippen LogP contribution in [-0.4, -0.2) is 72.3 Å². The van der Waals surface area contributed by atoms with E-state index in [-0.39, 0.29) is 42.8 Å². The quantitative estimate of drug-likeness (QED) is 0.708. The molecule has 12 heteroatoms. The number of nitrogen functional groups attached to an aromatic ring is 1. The summed E-state index contributed by atoms with van der Waals surface area (Å²) in [4.78, 5) is 16.4. The number of fused-ring (bicyclic) bond motifs is 2. The van der Waals surface area contributed by atoms with Crippen LogP contribution in [0.25, 0.3) is 11.3 Å². The van der Waals surface area contributed by atoms with Gasteiger partial charge < -0.3 is 25.0 Å². The van der Waals surface area contributed by atoms with Gasteiger partial charge in [-0.15, -0.1) is 0 Å². The van der Waals surface area contributed by atoms with Crippen molar-refractivity contribution in [2.45, 2.75) is 37.5 Å². The smallest absolute Gasteiger partial charge is 0.387 e. The topological polar surface area (TPSA) is 89.6 Å². The molecule has 5 rings (SSSR count). The van der Waals surface area contributed by atoms with E-state index in [2.05, 4.69) is 24.6 Å². The van der Waals surface area contributed by atoms with Crippen molar-refractivity contribution in [2.24, 2.45) is 0 Å². The minimum Gasteiger partial charge on any atom is -0.431 e. The van der Waals surface area contributed by atoms with Crippen LogP contribution in [0.5, 0.6) is 5.75 Å². The number of hydrogen-bond acceptors (Lipinski definition) is 8. The highest BCUT2D eigenvalue weighted by molar-refractivity contribution is 5.68. The van der Waals surface area contributed by atoms with Gasteiger partial charge in [-0.05, 0) is 12.5 Å². The van der Waals surface area contributed by atoms with Crippen molar-refractivity contribution in [1.29, 1.82) is 0 Å². The Balaban J connectivity index is 1.55. The molecule has 2 N–H and O–H groups in total. The van der Waals surface area contributed by atoms with Gasteiger partial charge in [-0.1, -0.05) is 0 Å². The van der Waals surface area contributed by atoms with Crippen molar-refractivity contribution >= 4 is 17.6 Å². The summed E-state index contributed by atoms with van der Waals surface area (Å²) < 4.78 is 63.1. The van der Waals surface area contributed by atoms with Gasteiger partial charge in [-0.3, -0.25) is 0 Å². The first-order valence-corrected chi connectivity index (χ1v) is 9.88. The molecule has 2 aromatic heterocycles. The number of ether oxygens (including phenoxy) is 2. The number of anilines is 3.